The molecule has 30 heavy (non-hydrogen) atoms. The van der Waals surface area contributed by atoms with Crippen LogP contribution >= 0.6 is 0 Å². The molecule has 1 aromatic heterocycles. The van der Waals surface area contributed by atoms with E-state index in [9.17, 15) is 9.18 Å². The highest BCUT2D eigenvalue weighted by atomic mass is 19.1. The molecular formula is C22H30FN5O2. The molecule has 8 heteroatoms. The Balaban J connectivity index is 1.63. The first-order chi connectivity index (χ1) is 14.5. The topological polar surface area (TPSA) is 64.3 Å². The van der Waals surface area contributed by atoms with E-state index in [-0.39, 0.29) is 11.7 Å². The fourth-order valence-corrected chi connectivity index (χ4v) is 3.46. The minimum Gasteiger partial charge on any atom is -0.459 e. The molecule has 0 unspecified atom stereocenters. The second-order valence-electron chi connectivity index (χ2n) is 7.59. The standard InChI is InChI=1S/C22H30FN5O2/c1-4-24-22(25-15-17-7-8-19(23)18(14-17)16-26(2)3)28-11-9-27(10-12-28)21(29)20-6-5-13-30-20/h5-8,13-14H,4,9-12,15-16H2,1-3H3,(H,24,25). The molecule has 0 radical (unpaired) electrons. The number of carbonyl (C=O) groups is 1. The van der Waals surface area contributed by atoms with Crippen LogP contribution in [0.15, 0.2) is 46.0 Å². The van der Waals surface area contributed by atoms with E-state index in [2.05, 4.69) is 10.2 Å². The number of rotatable bonds is 6. The highest BCUT2D eigenvalue weighted by Crippen LogP contribution is 2.14. The summed E-state index contributed by atoms with van der Waals surface area (Å²) in [4.78, 5) is 23.1. The molecule has 1 fully saturated rings. The number of carbonyl (C=O) groups excluding carboxylic acids is 1. The van der Waals surface area contributed by atoms with Gasteiger partial charge in [0.25, 0.3) is 5.91 Å². The molecule has 0 saturated carbocycles. The van der Waals surface area contributed by atoms with Gasteiger partial charge in [0.15, 0.2) is 11.7 Å². The van der Waals surface area contributed by atoms with Crippen LogP contribution in [-0.2, 0) is 13.1 Å². The quantitative estimate of drug-likeness (QED) is 0.580. The summed E-state index contributed by atoms with van der Waals surface area (Å²) in [5, 5.41) is 3.32. The Morgan fingerprint density at radius 3 is 2.57 bits per heavy atom. The monoisotopic (exact) mass is 415 g/mol. The smallest absolute Gasteiger partial charge is 0.289 e. The van der Waals surface area contributed by atoms with Gasteiger partial charge in [0.05, 0.1) is 12.8 Å². The maximum atomic E-state index is 14.0. The highest BCUT2D eigenvalue weighted by Gasteiger charge is 2.25. The number of guanidine groups is 1. The van der Waals surface area contributed by atoms with Gasteiger partial charge in [0.2, 0.25) is 0 Å². The van der Waals surface area contributed by atoms with Crippen molar-refractivity contribution in [1.29, 1.82) is 0 Å². The molecule has 2 heterocycles. The molecule has 1 amide bonds. The summed E-state index contributed by atoms with van der Waals surface area (Å²) in [6.07, 6.45) is 1.51. The van der Waals surface area contributed by atoms with Crippen molar-refractivity contribution in [2.45, 2.75) is 20.0 Å². The van der Waals surface area contributed by atoms with Gasteiger partial charge in [-0.2, -0.15) is 0 Å². The van der Waals surface area contributed by atoms with E-state index in [4.69, 9.17) is 9.41 Å². The van der Waals surface area contributed by atoms with Crippen LogP contribution in [0, 0.1) is 5.82 Å². The number of nitrogens with zero attached hydrogens (tertiary/aromatic N) is 4. The molecule has 1 aliphatic rings. The van der Waals surface area contributed by atoms with Crippen LogP contribution in [-0.4, -0.2) is 73.4 Å². The Morgan fingerprint density at radius 1 is 1.20 bits per heavy atom. The Kier molecular flexibility index (Phi) is 7.46. The predicted octanol–water partition coefficient (Wildman–Crippen LogP) is 2.40. The predicted molar refractivity (Wildman–Crippen MR) is 115 cm³/mol. The lowest BCUT2D eigenvalue weighted by atomic mass is 10.1. The zero-order valence-corrected chi connectivity index (χ0v) is 17.9. The van der Waals surface area contributed by atoms with Crippen molar-refractivity contribution in [2.24, 2.45) is 4.99 Å². The van der Waals surface area contributed by atoms with Crippen molar-refractivity contribution >= 4 is 11.9 Å². The van der Waals surface area contributed by atoms with Crippen LogP contribution in [0.3, 0.4) is 0 Å². The van der Waals surface area contributed by atoms with Crippen LogP contribution in [0.1, 0.15) is 28.6 Å². The normalized spacial score (nSPS) is 15.0. The van der Waals surface area contributed by atoms with E-state index >= 15 is 0 Å². The van der Waals surface area contributed by atoms with Gasteiger partial charge in [0.1, 0.15) is 5.82 Å². The van der Waals surface area contributed by atoms with Gasteiger partial charge < -0.3 is 24.4 Å². The number of hydrogen-bond donors (Lipinski definition) is 1. The highest BCUT2D eigenvalue weighted by molar-refractivity contribution is 5.91. The zero-order valence-electron chi connectivity index (χ0n) is 17.9. The van der Waals surface area contributed by atoms with Crippen molar-refractivity contribution < 1.29 is 13.6 Å². The van der Waals surface area contributed by atoms with Gasteiger partial charge in [-0.1, -0.05) is 6.07 Å². The number of piperazine rings is 1. The average Bonchev–Trinajstić information content (AvgIpc) is 3.27. The van der Waals surface area contributed by atoms with Crippen molar-refractivity contribution in [3.8, 4) is 0 Å². The van der Waals surface area contributed by atoms with E-state index in [0.717, 1.165) is 18.1 Å². The third-order valence-electron chi connectivity index (χ3n) is 4.94. The van der Waals surface area contributed by atoms with Gasteiger partial charge in [0, 0.05) is 44.8 Å². The van der Waals surface area contributed by atoms with Crippen LogP contribution in [0.2, 0.25) is 0 Å². The van der Waals surface area contributed by atoms with E-state index in [1.807, 2.05) is 32.0 Å². The lowest BCUT2D eigenvalue weighted by Crippen LogP contribution is -2.53. The van der Waals surface area contributed by atoms with E-state index < -0.39 is 0 Å². The van der Waals surface area contributed by atoms with Crippen LogP contribution < -0.4 is 5.32 Å². The Bertz CT molecular complexity index is 858. The number of aliphatic imine (C=N–C) groups is 1. The Hall–Kier alpha value is -2.87. The maximum absolute atomic E-state index is 14.0. The van der Waals surface area contributed by atoms with Gasteiger partial charge in [-0.15, -0.1) is 0 Å². The van der Waals surface area contributed by atoms with Gasteiger partial charge >= 0.3 is 0 Å². The van der Waals surface area contributed by atoms with Gasteiger partial charge in [-0.05, 0) is 50.8 Å². The van der Waals surface area contributed by atoms with Gasteiger partial charge in [-0.3, -0.25) is 4.79 Å². The van der Waals surface area contributed by atoms with Crippen molar-refractivity contribution in [3.63, 3.8) is 0 Å². The van der Waals surface area contributed by atoms with Crippen molar-refractivity contribution in [1.82, 2.24) is 20.0 Å². The first kappa shape index (κ1) is 21.8. The molecule has 0 bridgehead atoms. The fourth-order valence-electron chi connectivity index (χ4n) is 3.46. The molecule has 0 atom stereocenters. The molecule has 1 N–H and O–H groups in total. The molecule has 162 valence electrons. The summed E-state index contributed by atoms with van der Waals surface area (Å²) in [6, 6.07) is 8.58. The maximum Gasteiger partial charge on any atom is 0.289 e. The first-order valence-corrected chi connectivity index (χ1v) is 10.3. The molecule has 0 spiro atoms. The zero-order chi connectivity index (χ0) is 21.5. The molecule has 1 saturated heterocycles. The summed E-state index contributed by atoms with van der Waals surface area (Å²) in [5.74, 6) is 0.900. The minimum absolute atomic E-state index is 0.0821. The summed E-state index contributed by atoms with van der Waals surface area (Å²) >= 11 is 0. The SMILES string of the molecule is CCNC(=NCc1ccc(F)c(CN(C)C)c1)N1CCN(C(=O)c2ccco2)CC1. The largest absolute Gasteiger partial charge is 0.459 e. The van der Waals surface area contributed by atoms with E-state index in [1.165, 1.54) is 12.3 Å². The summed E-state index contributed by atoms with van der Waals surface area (Å²) < 4.78 is 19.2. The Labute approximate surface area is 177 Å². The van der Waals surface area contributed by atoms with Gasteiger partial charge in [-0.25, -0.2) is 9.38 Å². The van der Waals surface area contributed by atoms with Crippen LogP contribution in [0.25, 0.3) is 0 Å². The molecule has 2 aromatic rings. The molecule has 0 aliphatic carbocycles. The number of nitrogens with one attached hydrogen (secondary N) is 1. The lowest BCUT2D eigenvalue weighted by Gasteiger charge is -2.36. The van der Waals surface area contributed by atoms with E-state index in [1.54, 1.807) is 23.1 Å². The van der Waals surface area contributed by atoms with E-state index in [0.29, 0.717) is 50.6 Å². The second-order valence-corrected chi connectivity index (χ2v) is 7.59. The number of furan rings is 1. The van der Waals surface area contributed by atoms with Crippen LogP contribution in [0.4, 0.5) is 4.39 Å². The minimum atomic E-state index is -0.194. The number of benzene rings is 1. The van der Waals surface area contributed by atoms with Crippen LogP contribution in [0.5, 0.6) is 0 Å². The number of amides is 1. The third kappa shape index (κ3) is 5.60. The Morgan fingerprint density at radius 2 is 1.93 bits per heavy atom. The number of hydrogen-bond acceptors (Lipinski definition) is 4. The molecular weight excluding hydrogens is 385 g/mol. The summed E-state index contributed by atoms with van der Waals surface area (Å²) in [6.45, 7) is 6.38. The second kappa shape index (κ2) is 10.2. The average molecular weight is 416 g/mol. The summed E-state index contributed by atoms with van der Waals surface area (Å²) in [5.41, 5.74) is 1.64. The summed E-state index contributed by atoms with van der Waals surface area (Å²) in [7, 11) is 3.84. The third-order valence-corrected chi connectivity index (χ3v) is 4.94. The lowest BCUT2D eigenvalue weighted by molar-refractivity contribution is 0.0657. The molecule has 1 aromatic carbocycles. The van der Waals surface area contributed by atoms with Crippen molar-refractivity contribution in [2.75, 3.05) is 46.8 Å². The number of halogens is 1. The fraction of sp³-hybridized carbons (Fsp3) is 0.455. The molecule has 7 nitrogen and oxygen atoms in total. The first-order valence-electron chi connectivity index (χ1n) is 10.3. The molecule has 1 aliphatic heterocycles. The molecule has 3 rings (SSSR count). The van der Waals surface area contributed by atoms with Crippen molar-refractivity contribution in [3.05, 3.63) is 59.3 Å².